The number of benzene rings is 3. The summed E-state index contributed by atoms with van der Waals surface area (Å²) in [5, 5.41) is 4.13. The fourth-order valence-electron chi connectivity index (χ4n) is 3.70. The largest absolute Gasteiger partial charge is 0.322 e. The van der Waals surface area contributed by atoms with E-state index in [-0.39, 0.29) is 11.5 Å². The van der Waals surface area contributed by atoms with Crippen molar-refractivity contribution in [1.29, 1.82) is 0 Å². The van der Waals surface area contributed by atoms with Crippen LogP contribution in [0.4, 0.5) is 5.69 Å². The van der Waals surface area contributed by atoms with Crippen LogP contribution in [-0.2, 0) is 12.3 Å². The van der Waals surface area contributed by atoms with Gasteiger partial charge in [0.2, 0.25) is 0 Å². The number of rotatable bonds is 7. The number of amides is 1. The molecule has 5 rings (SSSR count). The van der Waals surface area contributed by atoms with Gasteiger partial charge in [0, 0.05) is 29.4 Å². The number of nitrogens with zero attached hydrogens (tertiary/aromatic N) is 3. The Morgan fingerprint density at radius 3 is 2.40 bits per heavy atom. The lowest BCUT2D eigenvalue weighted by atomic mass is 10.1. The molecule has 1 amide bonds. The molecule has 1 N–H and O–H groups in total. The first-order valence-corrected chi connectivity index (χ1v) is 12.1. The van der Waals surface area contributed by atoms with Gasteiger partial charge in [-0.25, -0.2) is 4.98 Å². The highest BCUT2D eigenvalue weighted by molar-refractivity contribution is 7.98. The fraction of sp³-hybridized carbons (Fsp3) is 0.0714. The van der Waals surface area contributed by atoms with Gasteiger partial charge in [0.15, 0.2) is 5.16 Å². The van der Waals surface area contributed by atoms with Crippen LogP contribution in [0.3, 0.4) is 0 Å². The van der Waals surface area contributed by atoms with E-state index < -0.39 is 0 Å². The van der Waals surface area contributed by atoms with Crippen molar-refractivity contribution >= 4 is 34.3 Å². The fourth-order valence-corrected chi connectivity index (χ4v) is 4.65. The number of nitrogens with one attached hydrogen (secondary N) is 1. The van der Waals surface area contributed by atoms with Gasteiger partial charge in [-0.2, -0.15) is 0 Å². The summed E-state index contributed by atoms with van der Waals surface area (Å²) < 4.78 is 1.70. The van der Waals surface area contributed by atoms with Crippen molar-refractivity contribution in [3.8, 4) is 0 Å². The summed E-state index contributed by atoms with van der Waals surface area (Å²) in [4.78, 5) is 34.7. The summed E-state index contributed by atoms with van der Waals surface area (Å²) in [6.07, 6.45) is 3.47. The SMILES string of the molecule is O=C(Nc1ccccc1)c1ccc(CSc2nc3ccccc3c(=O)n2Cc2cccnc2)cc1. The average molecular weight is 479 g/mol. The number of para-hydroxylation sites is 2. The van der Waals surface area contributed by atoms with Crippen molar-refractivity contribution in [2.75, 3.05) is 5.32 Å². The van der Waals surface area contributed by atoms with Crippen LogP contribution in [0.15, 0.2) is 113 Å². The molecule has 0 saturated carbocycles. The highest BCUT2D eigenvalue weighted by atomic mass is 32.2. The third kappa shape index (κ3) is 5.31. The number of carbonyl (C=O) groups excluding carboxylic acids is 1. The van der Waals surface area contributed by atoms with Gasteiger partial charge in [0.25, 0.3) is 11.5 Å². The molecule has 0 aliphatic rings. The van der Waals surface area contributed by atoms with Crippen LogP contribution >= 0.6 is 11.8 Å². The van der Waals surface area contributed by atoms with E-state index in [1.54, 1.807) is 23.0 Å². The minimum atomic E-state index is -0.156. The van der Waals surface area contributed by atoms with Crippen molar-refractivity contribution < 1.29 is 4.79 Å². The van der Waals surface area contributed by atoms with Gasteiger partial charge in [-0.3, -0.25) is 19.1 Å². The molecular weight excluding hydrogens is 456 g/mol. The first-order chi connectivity index (χ1) is 17.2. The molecule has 172 valence electrons. The Balaban J connectivity index is 1.36. The number of hydrogen-bond donors (Lipinski definition) is 1. The number of hydrogen-bond acceptors (Lipinski definition) is 5. The monoisotopic (exact) mass is 478 g/mol. The molecule has 0 aliphatic carbocycles. The second-order valence-corrected chi connectivity index (χ2v) is 8.91. The third-order valence-corrected chi connectivity index (χ3v) is 6.55. The average Bonchev–Trinajstić information content (AvgIpc) is 2.91. The van der Waals surface area contributed by atoms with Gasteiger partial charge in [0.05, 0.1) is 17.4 Å². The molecular formula is C28H22N4O2S. The number of thioether (sulfide) groups is 1. The Kier molecular flexibility index (Phi) is 6.68. The summed E-state index contributed by atoms with van der Waals surface area (Å²) >= 11 is 1.50. The lowest BCUT2D eigenvalue weighted by molar-refractivity contribution is 0.102. The molecule has 0 unspecified atom stereocenters. The Hall–Kier alpha value is -4.23. The van der Waals surface area contributed by atoms with Crippen molar-refractivity contribution in [1.82, 2.24) is 14.5 Å². The Morgan fingerprint density at radius 1 is 0.857 bits per heavy atom. The molecule has 0 atom stereocenters. The number of aromatic nitrogens is 3. The van der Waals surface area contributed by atoms with Crippen LogP contribution in [0.1, 0.15) is 21.5 Å². The molecule has 0 saturated heterocycles. The molecule has 6 nitrogen and oxygen atoms in total. The second kappa shape index (κ2) is 10.4. The van der Waals surface area contributed by atoms with E-state index in [2.05, 4.69) is 10.3 Å². The second-order valence-electron chi connectivity index (χ2n) is 7.97. The quantitative estimate of drug-likeness (QED) is 0.251. The predicted molar refractivity (Wildman–Crippen MR) is 140 cm³/mol. The van der Waals surface area contributed by atoms with Crippen LogP contribution in [0.25, 0.3) is 10.9 Å². The van der Waals surface area contributed by atoms with Gasteiger partial charge >= 0.3 is 0 Å². The first-order valence-electron chi connectivity index (χ1n) is 11.1. The molecule has 0 spiro atoms. The van der Waals surface area contributed by atoms with Crippen LogP contribution in [0.5, 0.6) is 0 Å². The molecule has 5 aromatic rings. The topological polar surface area (TPSA) is 76.9 Å². The maximum absolute atomic E-state index is 13.3. The summed E-state index contributed by atoms with van der Waals surface area (Å²) in [7, 11) is 0. The molecule has 2 heterocycles. The molecule has 3 aromatic carbocycles. The minimum Gasteiger partial charge on any atom is -0.322 e. The number of fused-ring (bicyclic) bond motifs is 1. The summed E-state index contributed by atoms with van der Waals surface area (Å²) in [6.45, 7) is 0.394. The van der Waals surface area contributed by atoms with E-state index in [1.165, 1.54) is 11.8 Å². The summed E-state index contributed by atoms with van der Waals surface area (Å²) in [5.41, 5.74) is 3.90. The zero-order chi connectivity index (χ0) is 24.0. The highest BCUT2D eigenvalue weighted by Crippen LogP contribution is 2.23. The molecule has 0 fully saturated rings. The highest BCUT2D eigenvalue weighted by Gasteiger charge is 2.13. The lowest BCUT2D eigenvalue weighted by Gasteiger charge is -2.13. The molecule has 0 radical (unpaired) electrons. The first kappa shape index (κ1) is 22.6. The zero-order valence-electron chi connectivity index (χ0n) is 18.8. The lowest BCUT2D eigenvalue weighted by Crippen LogP contribution is -2.24. The normalized spacial score (nSPS) is 10.9. The molecule has 7 heteroatoms. The third-order valence-electron chi connectivity index (χ3n) is 5.51. The van der Waals surface area contributed by atoms with Crippen molar-refractivity contribution in [3.05, 3.63) is 130 Å². The summed E-state index contributed by atoms with van der Waals surface area (Å²) in [6, 6.07) is 28.0. The number of carbonyl (C=O) groups is 1. The minimum absolute atomic E-state index is 0.0742. The zero-order valence-corrected chi connectivity index (χ0v) is 19.6. The van der Waals surface area contributed by atoms with Gasteiger partial charge in [0.1, 0.15) is 0 Å². The van der Waals surface area contributed by atoms with Gasteiger partial charge < -0.3 is 5.32 Å². The molecule has 2 aromatic heterocycles. The van der Waals surface area contributed by atoms with Gasteiger partial charge in [-0.05, 0) is 53.6 Å². The van der Waals surface area contributed by atoms with E-state index in [0.717, 1.165) is 16.8 Å². The smallest absolute Gasteiger partial charge is 0.262 e. The van der Waals surface area contributed by atoms with E-state index in [0.29, 0.717) is 33.9 Å². The maximum atomic E-state index is 13.3. The number of anilines is 1. The van der Waals surface area contributed by atoms with Crippen molar-refractivity contribution in [2.45, 2.75) is 17.5 Å². The van der Waals surface area contributed by atoms with Crippen molar-refractivity contribution in [2.24, 2.45) is 0 Å². The Morgan fingerprint density at radius 2 is 1.63 bits per heavy atom. The Labute approximate surface area is 206 Å². The van der Waals surface area contributed by atoms with E-state index in [9.17, 15) is 9.59 Å². The van der Waals surface area contributed by atoms with Gasteiger partial charge in [-0.1, -0.05) is 60.3 Å². The molecule has 35 heavy (non-hydrogen) atoms. The molecule has 0 aliphatic heterocycles. The number of pyridine rings is 1. The summed E-state index contributed by atoms with van der Waals surface area (Å²) in [5.74, 6) is 0.454. The molecule has 0 bridgehead atoms. The van der Waals surface area contributed by atoms with Crippen LogP contribution in [0, 0.1) is 0 Å². The van der Waals surface area contributed by atoms with Crippen LogP contribution in [-0.4, -0.2) is 20.4 Å². The Bertz CT molecular complexity index is 1520. The van der Waals surface area contributed by atoms with Crippen LogP contribution < -0.4 is 10.9 Å². The standard InChI is InChI=1S/C28H22N4O2S/c33-26(30-23-8-2-1-3-9-23)22-14-12-20(13-15-22)19-35-28-31-25-11-5-4-10-24(25)27(34)32(28)18-21-7-6-16-29-17-21/h1-17H,18-19H2,(H,30,33). The van der Waals surface area contributed by atoms with Crippen LogP contribution in [0.2, 0.25) is 0 Å². The van der Waals surface area contributed by atoms with E-state index in [4.69, 9.17) is 4.98 Å². The van der Waals surface area contributed by atoms with Gasteiger partial charge in [-0.15, -0.1) is 0 Å². The predicted octanol–water partition coefficient (Wildman–Crippen LogP) is 5.38. The maximum Gasteiger partial charge on any atom is 0.262 e. The van der Waals surface area contributed by atoms with Crippen molar-refractivity contribution in [3.63, 3.8) is 0 Å². The van der Waals surface area contributed by atoms with E-state index >= 15 is 0 Å². The van der Waals surface area contributed by atoms with E-state index in [1.807, 2.05) is 84.9 Å².